The lowest BCUT2D eigenvalue weighted by atomic mass is 9.82. The molecule has 21 heavy (non-hydrogen) atoms. The van der Waals surface area contributed by atoms with Crippen molar-refractivity contribution in [2.75, 3.05) is 19.6 Å². The zero-order chi connectivity index (χ0) is 15.5. The maximum absolute atomic E-state index is 12.1. The highest BCUT2D eigenvalue weighted by molar-refractivity contribution is 7.09. The molecule has 0 aliphatic carbocycles. The van der Waals surface area contributed by atoms with Gasteiger partial charge in [0, 0.05) is 31.4 Å². The fourth-order valence-electron chi connectivity index (χ4n) is 2.52. The predicted molar refractivity (Wildman–Crippen MR) is 80.5 cm³/mol. The number of carboxylic acids is 1. The summed E-state index contributed by atoms with van der Waals surface area (Å²) in [6, 6.07) is -0.186. The van der Waals surface area contributed by atoms with Gasteiger partial charge in [0.2, 0.25) is 0 Å². The second kappa shape index (κ2) is 6.43. The Labute approximate surface area is 128 Å². The van der Waals surface area contributed by atoms with Crippen molar-refractivity contribution < 1.29 is 14.7 Å². The van der Waals surface area contributed by atoms with E-state index < -0.39 is 11.4 Å². The third-order valence-electron chi connectivity index (χ3n) is 3.82. The number of carbonyl (C=O) groups excluding carboxylic acids is 1. The van der Waals surface area contributed by atoms with E-state index in [1.54, 1.807) is 23.2 Å². The summed E-state index contributed by atoms with van der Waals surface area (Å²) in [5.41, 5.74) is 0.147. The molecule has 1 atom stereocenters. The van der Waals surface area contributed by atoms with Crippen LogP contribution in [0.5, 0.6) is 0 Å². The smallest absolute Gasteiger partial charge is 0.317 e. The maximum Gasteiger partial charge on any atom is 0.317 e. The van der Waals surface area contributed by atoms with Crippen molar-refractivity contribution in [1.82, 2.24) is 15.2 Å². The lowest BCUT2D eigenvalue weighted by Crippen LogP contribution is -2.51. The Morgan fingerprint density at radius 1 is 1.57 bits per heavy atom. The number of urea groups is 1. The molecular formula is C14H21N3O3S. The first-order chi connectivity index (χ1) is 9.90. The Balaban J connectivity index is 1.81. The van der Waals surface area contributed by atoms with Gasteiger partial charge in [-0.15, -0.1) is 11.3 Å². The van der Waals surface area contributed by atoms with Crippen molar-refractivity contribution in [3.05, 3.63) is 16.1 Å². The van der Waals surface area contributed by atoms with Gasteiger partial charge in [0.25, 0.3) is 0 Å². The molecule has 1 saturated heterocycles. The van der Waals surface area contributed by atoms with E-state index in [0.717, 1.165) is 17.1 Å². The Morgan fingerprint density at radius 2 is 2.33 bits per heavy atom. The van der Waals surface area contributed by atoms with Gasteiger partial charge in [-0.25, -0.2) is 9.78 Å². The number of aryl methyl sites for hydroxylation is 1. The van der Waals surface area contributed by atoms with Crippen molar-refractivity contribution in [2.45, 2.75) is 33.1 Å². The Bertz CT molecular complexity index is 531. The Morgan fingerprint density at radius 3 is 2.95 bits per heavy atom. The van der Waals surface area contributed by atoms with Crippen LogP contribution in [0.4, 0.5) is 4.79 Å². The van der Waals surface area contributed by atoms with E-state index in [0.29, 0.717) is 25.9 Å². The molecule has 7 heteroatoms. The number of hydrogen-bond donors (Lipinski definition) is 2. The normalized spacial score (nSPS) is 22.1. The Hall–Kier alpha value is -1.63. The topological polar surface area (TPSA) is 82.5 Å². The fraction of sp³-hybridized carbons (Fsp3) is 0.643. The molecule has 2 N–H and O–H groups in total. The molecule has 0 spiro atoms. The van der Waals surface area contributed by atoms with E-state index in [9.17, 15) is 14.7 Å². The highest BCUT2D eigenvalue weighted by atomic mass is 32.1. The monoisotopic (exact) mass is 311 g/mol. The molecule has 0 bridgehead atoms. The van der Waals surface area contributed by atoms with Gasteiger partial charge in [-0.3, -0.25) is 4.79 Å². The summed E-state index contributed by atoms with van der Waals surface area (Å²) >= 11 is 1.59. The first kappa shape index (κ1) is 15.8. The van der Waals surface area contributed by atoms with Crippen LogP contribution in [-0.4, -0.2) is 46.6 Å². The van der Waals surface area contributed by atoms with E-state index in [2.05, 4.69) is 10.3 Å². The number of rotatable bonds is 4. The third kappa shape index (κ3) is 3.93. The van der Waals surface area contributed by atoms with E-state index >= 15 is 0 Å². The predicted octanol–water partition coefficient (Wildman–Crippen LogP) is 1.89. The molecule has 2 amide bonds. The lowest BCUT2D eigenvalue weighted by Gasteiger charge is -2.37. The summed E-state index contributed by atoms with van der Waals surface area (Å²) in [6.45, 7) is 5.05. The standard InChI is InChI=1S/C14H21N3O3S/c1-10-16-11(8-21-10)4-6-15-13(20)17-7-3-5-14(2,9-17)12(18)19/h8H,3-7,9H2,1-2H3,(H,15,20)(H,18,19). The van der Waals surface area contributed by atoms with Gasteiger partial charge in [0.1, 0.15) is 0 Å². The minimum absolute atomic E-state index is 0.186. The summed E-state index contributed by atoms with van der Waals surface area (Å²) in [7, 11) is 0. The summed E-state index contributed by atoms with van der Waals surface area (Å²) < 4.78 is 0. The number of carboxylic acid groups (broad SMARTS) is 1. The molecule has 6 nitrogen and oxygen atoms in total. The maximum atomic E-state index is 12.1. The summed E-state index contributed by atoms with van der Waals surface area (Å²) in [6.07, 6.45) is 2.03. The molecule has 1 aliphatic heterocycles. The van der Waals surface area contributed by atoms with Gasteiger partial charge in [-0.2, -0.15) is 0 Å². The molecule has 0 saturated carbocycles. The van der Waals surface area contributed by atoms with E-state index in [1.165, 1.54) is 0 Å². The third-order valence-corrected chi connectivity index (χ3v) is 4.65. The van der Waals surface area contributed by atoms with E-state index in [1.807, 2.05) is 12.3 Å². The van der Waals surface area contributed by atoms with Crippen LogP contribution in [0.3, 0.4) is 0 Å². The molecule has 116 valence electrons. The number of likely N-dealkylation sites (tertiary alicyclic amines) is 1. The van der Waals surface area contributed by atoms with E-state index in [-0.39, 0.29) is 12.6 Å². The average Bonchev–Trinajstić information content (AvgIpc) is 2.84. The molecule has 0 radical (unpaired) electrons. The zero-order valence-corrected chi connectivity index (χ0v) is 13.2. The van der Waals surface area contributed by atoms with Crippen LogP contribution in [0, 0.1) is 12.3 Å². The van der Waals surface area contributed by atoms with Crippen LogP contribution in [0.15, 0.2) is 5.38 Å². The summed E-state index contributed by atoms with van der Waals surface area (Å²) in [5, 5.41) is 15.1. The van der Waals surface area contributed by atoms with Gasteiger partial charge >= 0.3 is 12.0 Å². The average molecular weight is 311 g/mol. The lowest BCUT2D eigenvalue weighted by molar-refractivity contribution is -0.150. The SMILES string of the molecule is Cc1nc(CCNC(=O)N2CCCC(C)(C(=O)O)C2)cs1. The summed E-state index contributed by atoms with van der Waals surface area (Å²) in [4.78, 5) is 29.3. The number of nitrogens with zero attached hydrogens (tertiary/aromatic N) is 2. The van der Waals surface area contributed by atoms with Crippen molar-refractivity contribution >= 4 is 23.3 Å². The largest absolute Gasteiger partial charge is 0.481 e. The van der Waals surface area contributed by atoms with Crippen LogP contribution < -0.4 is 5.32 Å². The minimum atomic E-state index is -0.835. The molecule has 1 unspecified atom stereocenters. The first-order valence-corrected chi connectivity index (χ1v) is 7.96. The number of amides is 2. The number of hydrogen-bond acceptors (Lipinski definition) is 4. The van der Waals surface area contributed by atoms with Crippen LogP contribution in [0.25, 0.3) is 0 Å². The van der Waals surface area contributed by atoms with Crippen LogP contribution in [-0.2, 0) is 11.2 Å². The van der Waals surface area contributed by atoms with Crippen molar-refractivity contribution in [3.63, 3.8) is 0 Å². The number of carbonyl (C=O) groups is 2. The quantitative estimate of drug-likeness (QED) is 0.889. The van der Waals surface area contributed by atoms with Crippen LogP contribution >= 0.6 is 11.3 Å². The summed E-state index contributed by atoms with van der Waals surface area (Å²) in [5.74, 6) is -0.835. The van der Waals surface area contributed by atoms with Gasteiger partial charge in [0.05, 0.1) is 16.1 Å². The van der Waals surface area contributed by atoms with Crippen molar-refractivity contribution in [1.29, 1.82) is 0 Å². The van der Waals surface area contributed by atoms with Crippen molar-refractivity contribution in [3.8, 4) is 0 Å². The number of thiazole rings is 1. The molecule has 2 heterocycles. The fourth-order valence-corrected chi connectivity index (χ4v) is 3.17. The number of aromatic nitrogens is 1. The second-order valence-electron chi connectivity index (χ2n) is 5.73. The van der Waals surface area contributed by atoms with Crippen molar-refractivity contribution in [2.24, 2.45) is 5.41 Å². The molecule has 1 fully saturated rings. The van der Waals surface area contributed by atoms with Gasteiger partial charge in [-0.1, -0.05) is 0 Å². The van der Waals surface area contributed by atoms with Gasteiger partial charge in [-0.05, 0) is 26.7 Å². The first-order valence-electron chi connectivity index (χ1n) is 7.08. The molecule has 0 aromatic carbocycles. The highest BCUT2D eigenvalue weighted by Gasteiger charge is 2.39. The Kier molecular flexibility index (Phi) is 4.82. The minimum Gasteiger partial charge on any atom is -0.481 e. The number of aliphatic carboxylic acids is 1. The number of nitrogens with one attached hydrogen (secondary N) is 1. The second-order valence-corrected chi connectivity index (χ2v) is 6.79. The number of piperidine rings is 1. The molecule has 1 aromatic heterocycles. The van der Waals surface area contributed by atoms with Gasteiger partial charge in [0.15, 0.2) is 0 Å². The van der Waals surface area contributed by atoms with E-state index in [4.69, 9.17) is 0 Å². The van der Waals surface area contributed by atoms with Crippen LogP contribution in [0.2, 0.25) is 0 Å². The van der Waals surface area contributed by atoms with Gasteiger partial charge < -0.3 is 15.3 Å². The van der Waals surface area contributed by atoms with Crippen LogP contribution in [0.1, 0.15) is 30.5 Å². The molecular weight excluding hydrogens is 290 g/mol. The highest BCUT2D eigenvalue weighted by Crippen LogP contribution is 2.29. The zero-order valence-electron chi connectivity index (χ0n) is 12.4. The molecule has 1 aromatic rings. The molecule has 2 rings (SSSR count). The molecule has 1 aliphatic rings.